The zero-order valence-electron chi connectivity index (χ0n) is 26.3. The molecule has 0 saturated carbocycles. The van der Waals surface area contributed by atoms with E-state index in [1.54, 1.807) is 0 Å². The maximum atomic E-state index is 5.07. The lowest BCUT2D eigenvalue weighted by Gasteiger charge is -2.24. The molecule has 0 amide bonds. The minimum atomic E-state index is -0.452. The van der Waals surface area contributed by atoms with Gasteiger partial charge in [-0.3, -0.25) is 0 Å². The van der Waals surface area contributed by atoms with Crippen molar-refractivity contribution in [1.82, 2.24) is 29.5 Å². The summed E-state index contributed by atoms with van der Waals surface area (Å²) in [6.07, 6.45) is 3.97. The van der Waals surface area contributed by atoms with Crippen LogP contribution in [0.5, 0.6) is 0 Å². The van der Waals surface area contributed by atoms with Crippen LogP contribution in [0.1, 0.15) is 58.6 Å². The largest absolute Gasteiger partial charge is 0.233 e. The Morgan fingerprint density at radius 3 is 1.26 bits per heavy atom. The molecule has 2 aromatic carbocycles. The van der Waals surface area contributed by atoms with E-state index in [0.29, 0.717) is 0 Å². The van der Waals surface area contributed by atoms with Crippen molar-refractivity contribution in [2.75, 3.05) is 0 Å². The summed E-state index contributed by atoms with van der Waals surface area (Å²) in [6, 6.07) is 25.1. The quantitative estimate of drug-likeness (QED) is 0.203. The molecule has 6 heteroatoms. The molecular formula is C37H38N6. The first-order valence-electron chi connectivity index (χ1n) is 14.7. The monoisotopic (exact) mass is 566 g/mol. The van der Waals surface area contributed by atoms with Gasteiger partial charge >= 0.3 is 0 Å². The summed E-state index contributed by atoms with van der Waals surface area (Å²) in [7, 11) is 0. The molecule has 0 spiro atoms. The van der Waals surface area contributed by atoms with Gasteiger partial charge in [0.15, 0.2) is 11.6 Å². The van der Waals surface area contributed by atoms with Crippen molar-refractivity contribution in [3.63, 3.8) is 0 Å². The van der Waals surface area contributed by atoms with Crippen molar-refractivity contribution >= 4 is 0 Å². The Morgan fingerprint density at radius 2 is 0.884 bits per heavy atom. The summed E-state index contributed by atoms with van der Waals surface area (Å²) >= 11 is 0. The van der Waals surface area contributed by atoms with Crippen LogP contribution in [0.3, 0.4) is 0 Å². The average Bonchev–Trinajstić information content (AvgIpc) is 3.63. The third kappa shape index (κ3) is 5.29. The molecule has 0 N–H and O–H groups in total. The zero-order chi connectivity index (χ0) is 30.5. The van der Waals surface area contributed by atoms with E-state index in [-0.39, 0.29) is 0 Å². The zero-order valence-corrected chi connectivity index (χ0v) is 26.3. The van der Waals surface area contributed by atoms with Crippen LogP contribution in [0, 0.1) is 41.5 Å². The number of hydrogen-bond donors (Lipinski definition) is 0. The van der Waals surface area contributed by atoms with Gasteiger partial charge in [-0.2, -0.15) is 10.2 Å². The van der Waals surface area contributed by atoms with Gasteiger partial charge in [0.05, 0.1) is 22.8 Å². The normalized spacial score (nSPS) is 11.7. The van der Waals surface area contributed by atoms with Crippen molar-refractivity contribution < 1.29 is 0 Å². The van der Waals surface area contributed by atoms with E-state index in [4.69, 9.17) is 20.2 Å². The summed E-state index contributed by atoms with van der Waals surface area (Å²) in [5.74, 6) is 1.55. The first-order chi connectivity index (χ1) is 20.5. The number of rotatable bonds is 6. The van der Waals surface area contributed by atoms with Crippen LogP contribution in [0.2, 0.25) is 0 Å². The van der Waals surface area contributed by atoms with E-state index in [1.807, 2.05) is 46.0 Å². The second kappa shape index (κ2) is 10.8. The second-order valence-electron chi connectivity index (χ2n) is 12.2. The fourth-order valence-corrected chi connectivity index (χ4v) is 6.27. The lowest BCUT2D eigenvalue weighted by molar-refractivity contribution is 0.588. The predicted octanol–water partition coefficient (Wildman–Crippen LogP) is 8.36. The smallest absolute Gasteiger partial charge is 0.153 e. The van der Waals surface area contributed by atoms with Crippen molar-refractivity contribution in [2.24, 2.45) is 0 Å². The predicted molar refractivity (Wildman–Crippen MR) is 174 cm³/mol. The lowest BCUT2D eigenvalue weighted by atomic mass is 9.84. The Kier molecular flexibility index (Phi) is 7.09. The van der Waals surface area contributed by atoms with E-state index in [9.17, 15) is 0 Å². The van der Waals surface area contributed by atoms with Crippen LogP contribution >= 0.6 is 0 Å². The van der Waals surface area contributed by atoms with Crippen molar-refractivity contribution in [2.45, 2.75) is 60.8 Å². The van der Waals surface area contributed by atoms with Crippen LogP contribution < -0.4 is 0 Å². The van der Waals surface area contributed by atoms with E-state index in [2.05, 4.69) is 104 Å². The topological polar surface area (TPSA) is 61.4 Å². The second-order valence-corrected chi connectivity index (χ2v) is 12.2. The van der Waals surface area contributed by atoms with Gasteiger partial charge in [-0.1, -0.05) is 47.5 Å². The van der Waals surface area contributed by atoms with Crippen molar-refractivity contribution in [3.8, 4) is 34.2 Å². The van der Waals surface area contributed by atoms with Gasteiger partial charge in [0.25, 0.3) is 0 Å². The average molecular weight is 567 g/mol. The van der Waals surface area contributed by atoms with Crippen molar-refractivity contribution in [1.29, 1.82) is 0 Å². The Bertz CT molecular complexity index is 1790. The molecule has 6 nitrogen and oxygen atoms in total. The van der Waals surface area contributed by atoms with E-state index in [0.717, 1.165) is 34.4 Å². The molecule has 0 aliphatic carbocycles. The van der Waals surface area contributed by atoms with Crippen LogP contribution in [0.25, 0.3) is 34.2 Å². The summed E-state index contributed by atoms with van der Waals surface area (Å²) in [4.78, 5) is 10.1. The summed E-state index contributed by atoms with van der Waals surface area (Å²) in [5, 5.41) is 9.85. The summed E-state index contributed by atoms with van der Waals surface area (Å²) < 4.78 is 3.72. The molecule has 0 aliphatic rings. The molecule has 6 aromatic rings. The molecule has 6 rings (SSSR count). The molecule has 0 radical (unpaired) electrons. The summed E-state index contributed by atoms with van der Waals surface area (Å²) in [5.41, 5.74) is 13.1. The van der Waals surface area contributed by atoms with Crippen LogP contribution in [-0.2, 0) is 5.41 Å². The lowest BCUT2D eigenvalue weighted by Crippen LogP contribution is -2.23. The van der Waals surface area contributed by atoms with Gasteiger partial charge in [0.2, 0.25) is 0 Å². The minimum Gasteiger partial charge on any atom is -0.233 e. The number of pyridine rings is 2. The number of aryl methyl sites for hydroxylation is 6. The molecule has 0 aliphatic heterocycles. The Balaban J connectivity index is 1.31. The van der Waals surface area contributed by atoms with Gasteiger partial charge in [-0.15, -0.1) is 0 Å². The number of aromatic nitrogens is 6. The van der Waals surface area contributed by atoms with Crippen LogP contribution in [0.4, 0.5) is 0 Å². The minimum absolute atomic E-state index is 0.452. The first-order valence-corrected chi connectivity index (χ1v) is 14.7. The number of benzene rings is 2. The van der Waals surface area contributed by atoms with E-state index >= 15 is 0 Å². The SMILES string of the molecule is Cc1cc(C)c(-c2ccn(-c3cccc(C(C)(C)c4cccc(-n5ccc(-c6c(C)cc(C)cc6C)n5)n4)n3)n2)c(C)c1. The highest BCUT2D eigenvalue weighted by Gasteiger charge is 2.27. The Hall–Kier alpha value is -4.84. The van der Waals surface area contributed by atoms with Crippen LogP contribution in [0.15, 0.2) is 85.2 Å². The molecule has 0 bridgehead atoms. The van der Waals surface area contributed by atoms with E-state index < -0.39 is 5.41 Å². The fraction of sp³-hybridized carbons (Fsp3) is 0.243. The Morgan fingerprint density at radius 1 is 0.512 bits per heavy atom. The third-order valence-corrected chi connectivity index (χ3v) is 8.26. The number of hydrogen-bond acceptors (Lipinski definition) is 4. The molecule has 216 valence electrons. The van der Waals surface area contributed by atoms with Crippen molar-refractivity contribution in [3.05, 3.63) is 130 Å². The molecule has 0 fully saturated rings. The summed E-state index contributed by atoms with van der Waals surface area (Å²) in [6.45, 7) is 17.2. The fourth-order valence-electron chi connectivity index (χ4n) is 6.27. The molecule has 4 heterocycles. The van der Waals surface area contributed by atoms with E-state index in [1.165, 1.54) is 44.5 Å². The molecule has 0 atom stereocenters. The highest BCUT2D eigenvalue weighted by Crippen LogP contribution is 2.32. The van der Waals surface area contributed by atoms with Gasteiger partial charge in [-0.25, -0.2) is 19.3 Å². The van der Waals surface area contributed by atoms with Gasteiger partial charge in [-0.05, 0) is 114 Å². The first kappa shape index (κ1) is 28.3. The van der Waals surface area contributed by atoms with Crippen LogP contribution in [-0.4, -0.2) is 29.5 Å². The Labute approximate surface area is 254 Å². The third-order valence-electron chi connectivity index (χ3n) is 8.26. The van der Waals surface area contributed by atoms with Gasteiger partial charge < -0.3 is 0 Å². The number of nitrogens with zero attached hydrogens (tertiary/aromatic N) is 6. The molecule has 0 saturated heterocycles. The maximum absolute atomic E-state index is 5.07. The molecule has 43 heavy (non-hydrogen) atoms. The van der Waals surface area contributed by atoms with Gasteiger partial charge in [0, 0.05) is 28.9 Å². The highest BCUT2D eigenvalue weighted by atomic mass is 15.3. The highest BCUT2D eigenvalue weighted by molar-refractivity contribution is 5.69. The van der Waals surface area contributed by atoms with Gasteiger partial charge in [0.1, 0.15) is 0 Å². The molecular weight excluding hydrogens is 528 g/mol. The standard InChI is InChI=1S/C37H38N6/c1-23-19-25(3)35(26(4)20-23)29-15-17-42(40-29)33-13-9-11-31(38-33)37(7,8)32-12-10-14-34(39-32)43-18-16-30(41-43)36-27(5)21-24(2)22-28(36)6/h9-22H,1-8H3. The maximum Gasteiger partial charge on any atom is 0.153 e. The molecule has 0 unspecified atom stereocenters. The molecule has 4 aromatic heterocycles.